The molecule has 0 bridgehead atoms. The lowest BCUT2D eigenvalue weighted by Crippen LogP contribution is -1.96. The van der Waals surface area contributed by atoms with Crippen LogP contribution in [0.25, 0.3) is 0 Å². The Morgan fingerprint density at radius 3 is 1.88 bits per heavy atom. The molecule has 0 aromatic carbocycles. The van der Waals surface area contributed by atoms with E-state index in [-0.39, 0.29) is 0 Å². The summed E-state index contributed by atoms with van der Waals surface area (Å²) in [7, 11) is 0. The van der Waals surface area contributed by atoms with E-state index >= 15 is 0 Å². The van der Waals surface area contributed by atoms with Crippen molar-refractivity contribution in [1.29, 1.82) is 0 Å². The van der Waals surface area contributed by atoms with Crippen LogP contribution in [0, 0.1) is 0 Å². The predicted molar refractivity (Wildman–Crippen MR) is 79.0 cm³/mol. The summed E-state index contributed by atoms with van der Waals surface area (Å²) in [6.07, 6.45) is 24.2. The molecular formula is C16H27N. The van der Waals surface area contributed by atoms with E-state index in [1.807, 2.05) is 0 Å². The molecule has 0 amide bonds. The van der Waals surface area contributed by atoms with Gasteiger partial charge in [-0.05, 0) is 52.0 Å². The molecule has 0 aromatic rings. The summed E-state index contributed by atoms with van der Waals surface area (Å²) in [6, 6.07) is 0. The van der Waals surface area contributed by atoms with Crippen LogP contribution in [-0.4, -0.2) is 6.54 Å². The molecule has 96 valence electrons. The van der Waals surface area contributed by atoms with E-state index in [1.54, 1.807) is 0 Å². The Bertz CT molecular complexity index is 246. The van der Waals surface area contributed by atoms with Crippen molar-refractivity contribution in [2.24, 2.45) is 5.73 Å². The van der Waals surface area contributed by atoms with Gasteiger partial charge in [-0.15, -0.1) is 0 Å². The number of rotatable bonds is 10. The highest BCUT2D eigenvalue weighted by Gasteiger charge is 1.79. The zero-order valence-corrected chi connectivity index (χ0v) is 11.1. The fourth-order valence-corrected chi connectivity index (χ4v) is 1.36. The average molecular weight is 233 g/mol. The van der Waals surface area contributed by atoms with Crippen LogP contribution in [0.4, 0.5) is 0 Å². The predicted octanol–water partition coefficient (Wildman–Crippen LogP) is 4.53. The largest absolute Gasteiger partial charge is 0.330 e. The van der Waals surface area contributed by atoms with E-state index < -0.39 is 0 Å². The summed E-state index contributed by atoms with van der Waals surface area (Å²) in [5, 5.41) is 0. The minimum Gasteiger partial charge on any atom is -0.330 e. The van der Waals surface area contributed by atoms with E-state index in [0.717, 1.165) is 45.1 Å². The number of nitrogens with two attached hydrogens (primary N) is 1. The first-order chi connectivity index (χ1) is 8.41. The molecule has 17 heavy (non-hydrogen) atoms. The second kappa shape index (κ2) is 14.9. The van der Waals surface area contributed by atoms with Crippen molar-refractivity contribution < 1.29 is 0 Å². The van der Waals surface area contributed by atoms with Gasteiger partial charge in [0.25, 0.3) is 0 Å². The van der Waals surface area contributed by atoms with Gasteiger partial charge in [0.1, 0.15) is 0 Å². The molecule has 0 saturated heterocycles. The van der Waals surface area contributed by atoms with Crippen LogP contribution >= 0.6 is 0 Å². The molecule has 0 fully saturated rings. The third-order valence-corrected chi connectivity index (χ3v) is 2.35. The smallest absolute Gasteiger partial charge is 0.00743 e. The molecule has 2 N–H and O–H groups in total. The maximum Gasteiger partial charge on any atom is -0.00743 e. The Hall–Kier alpha value is -1.08. The van der Waals surface area contributed by atoms with Crippen LogP contribution in [0.5, 0.6) is 0 Å². The van der Waals surface area contributed by atoms with Crippen molar-refractivity contribution in [1.82, 2.24) is 0 Å². The van der Waals surface area contributed by atoms with Crippen LogP contribution in [0.2, 0.25) is 0 Å². The number of hydrogen-bond acceptors (Lipinski definition) is 1. The Morgan fingerprint density at radius 1 is 0.706 bits per heavy atom. The Kier molecular flexibility index (Phi) is 14.0. The molecule has 1 nitrogen and oxygen atoms in total. The van der Waals surface area contributed by atoms with Gasteiger partial charge in [0, 0.05) is 0 Å². The van der Waals surface area contributed by atoms with Gasteiger partial charge in [-0.1, -0.05) is 48.6 Å². The summed E-state index contributed by atoms with van der Waals surface area (Å²) < 4.78 is 0. The standard InChI is InChI=1S/C16H27N/c1-2-3-4-5-6-7-8-9-10-11-12-13-14-15-16-17/h2-3,5-6,8-9,12-13H,4,7,10-11,14-17H2,1H3/b3-2+,6-5+,9-8+,13-12+. The summed E-state index contributed by atoms with van der Waals surface area (Å²) in [5.74, 6) is 0. The molecule has 0 unspecified atom stereocenters. The minimum absolute atomic E-state index is 0.795. The first-order valence-electron chi connectivity index (χ1n) is 6.68. The highest BCUT2D eigenvalue weighted by Crippen LogP contribution is 1.98. The fraction of sp³-hybridized carbons (Fsp3) is 0.500. The molecule has 0 aliphatic carbocycles. The first-order valence-corrected chi connectivity index (χ1v) is 6.68. The van der Waals surface area contributed by atoms with Crippen LogP contribution in [0.15, 0.2) is 48.6 Å². The van der Waals surface area contributed by atoms with E-state index in [0.29, 0.717) is 0 Å². The van der Waals surface area contributed by atoms with Gasteiger partial charge in [0.2, 0.25) is 0 Å². The van der Waals surface area contributed by atoms with Crippen molar-refractivity contribution in [3.63, 3.8) is 0 Å². The van der Waals surface area contributed by atoms with Gasteiger partial charge >= 0.3 is 0 Å². The number of unbranched alkanes of at least 4 members (excludes halogenated alkanes) is 2. The lowest BCUT2D eigenvalue weighted by atomic mass is 10.2. The van der Waals surface area contributed by atoms with E-state index in [9.17, 15) is 0 Å². The molecule has 0 rings (SSSR count). The van der Waals surface area contributed by atoms with Crippen molar-refractivity contribution in [3.05, 3.63) is 48.6 Å². The molecule has 0 aromatic heterocycles. The fourth-order valence-electron chi connectivity index (χ4n) is 1.36. The van der Waals surface area contributed by atoms with Crippen molar-refractivity contribution in [2.45, 2.75) is 45.4 Å². The summed E-state index contributed by atoms with van der Waals surface area (Å²) in [5.41, 5.74) is 5.41. The second-order valence-corrected chi connectivity index (χ2v) is 3.96. The zero-order valence-electron chi connectivity index (χ0n) is 11.1. The van der Waals surface area contributed by atoms with Gasteiger partial charge < -0.3 is 5.73 Å². The van der Waals surface area contributed by atoms with E-state index in [2.05, 4.69) is 55.5 Å². The molecule has 0 aliphatic heterocycles. The van der Waals surface area contributed by atoms with Gasteiger partial charge in [-0.3, -0.25) is 0 Å². The van der Waals surface area contributed by atoms with Crippen LogP contribution in [0.1, 0.15) is 45.4 Å². The van der Waals surface area contributed by atoms with Gasteiger partial charge in [-0.2, -0.15) is 0 Å². The normalized spacial score (nSPS) is 12.8. The molecule has 0 heterocycles. The Morgan fingerprint density at radius 2 is 1.24 bits per heavy atom. The first kappa shape index (κ1) is 15.9. The summed E-state index contributed by atoms with van der Waals surface area (Å²) >= 11 is 0. The molecule has 0 spiro atoms. The highest BCUT2D eigenvalue weighted by molar-refractivity contribution is 4.97. The zero-order chi connectivity index (χ0) is 12.6. The average Bonchev–Trinajstić information content (AvgIpc) is 2.35. The van der Waals surface area contributed by atoms with Crippen molar-refractivity contribution >= 4 is 0 Å². The SMILES string of the molecule is C/C=C/C/C=C/C/C=C/CC/C=C/CCCN. The lowest BCUT2D eigenvalue weighted by Gasteiger charge is -1.89. The highest BCUT2D eigenvalue weighted by atomic mass is 14.5. The maximum absolute atomic E-state index is 5.41. The third-order valence-electron chi connectivity index (χ3n) is 2.35. The van der Waals surface area contributed by atoms with E-state index in [1.165, 1.54) is 0 Å². The number of hydrogen-bond donors (Lipinski definition) is 1. The summed E-state index contributed by atoms with van der Waals surface area (Å²) in [6.45, 7) is 2.85. The number of allylic oxidation sites excluding steroid dienone is 8. The van der Waals surface area contributed by atoms with Gasteiger partial charge in [-0.25, -0.2) is 0 Å². The molecule has 0 atom stereocenters. The second-order valence-electron chi connectivity index (χ2n) is 3.96. The monoisotopic (exact) mass is 233 g/mol. The molecule has 1 heteroatoms. The maximum atomic E-state index is 5.41. The summed E-state index contributed by atoms with van der Waals surface area (Å²) in [4.78, 5) is 0. The topological polar surface area (TPSA) is 26.0 Å². The Balaban J connectivity index is 3.30. The Labute approximate surface area is 107 Å². The van der Waals surface area contributed by atoms with Gasteiger partial charge in [0.05, 0.1) is 0 Å². The van der Waals surface area contributed by atoms with E-state index in [4.69, 9.17) is 5.73 Å². The third kappa shape index (κ3) is 14.9. The van der Waals surface area contributed by atoms with Crippen molar-refractivity contribution in [3.8, 4) is 0 Å². The molecular weight excluding hydrogens is 206 g/mol. The minimum atomic E-state index is 0.795. The van der Waals surface area contributed by atoms with Crippen molar-refractivity contribution in [2.75, 3.05) is 6.54 Å². The quantitative estimate of drug-likeness (QED) is 0.435. The van der Waals surface area contributed by atoms with Crippen LogP contribution < -0.4 is 5.73 Å². The molecule has 0 saturated carbocycles. The van der Waals surface area contributed by atoms with Crippen LogP contribution in [0.3, 0.4) is 0 Å². The molecule has 0 aliphatic rings. The lowest BCUT2D eigenvalue weighted by molar-refractivity contribution is 0.850. The van der Waals surface area contributed by atoms with Crippen LogP contribution in [-0.2, 0) is 0 Å². The molecule has 0 radical (unpaired) electrons. The van der Waals surface area contributed by atoms with Gasteiger partial charge in [0.15, 0.2) is 0 Å².